The third kappa shape index (κ3) is 2.75. The normalized spacial score (nSPS) is 11.2. The van der Waals surface area contributed by atoms with Crippen LogP contribution in [0.3, 0.4) is 0 Å². The van der Waals surface area contributed by atoms with E-state index in [1.54, 1.807) is 36.5 Å². The molecule has 0 bridgehead atoms. The minimum Gasteiger partial charge on any atom is -0.507 e. The van der Waals surface area contributed by atoms with Gasteiger partial charge in [0, 0.05) is 30.2 Å². The summed E-state index contributed by atoms with van der Waals surface area (Å²) in [6, 6.07) is 8.39. The van der Waals surface area contributed by atoms with Gasteiger partial charge in [0.2, 0.25) is 5.78 Å². The Labute approximate surface area is 98.3 Å². The molecular formula is C13H10N2O2. The van der Waals surface area contributed by atoms with Crippen molar-refractivity contribution in [1.82, 2.24) is 9.97 Å². The van der Waals surface area contributed by atoms with Crippen LogP contribution in [0.1, 0.15) is 16.1 Å². The van der Waals surface area contributed by atoms with Gasteiger partial charge in [-0.2, -0.15) is 0 Å². The van der Waals surface area contributed by atoms with Crippen LogP contribution < -0.4 is 0 Å². The molecular weight excluding hydrogens is 216 g/mol. The van der Waals surface area contributed by atoms with Crippen LogP contribution >= 0.6 is 0 Å². The zero-order valence-corrected chi connectivity index (χ0v) is 8.95. The first kappa shape index (κ1) is 11.0. The first-order valence-electron chi connectivity index (χ1n) is 5.04. The van der Waals surface area contributed by atoms with Gasteiger partial charge < -0.3 is 5.11 Å². The molecule has 0 spiro atoms. The largest absolute Gasteiger partial charge is 0.507 e. The van der Waals surface area contributed by atoms with Crippen molar-refractivity contribution in [2.75, 3.05) is 0 Å². The highest BCUT2D eigenvalue weighted by atomic mass is 16.3. The van der Waals surface area contributed by atoms with Gasteiger partial charge in [-0.25, -0.2) is 0 Å². The molecule has 2 heterocycles. The van der Waals surface area contributed by atoms with E-state index in [-0.39, 0.29) is 11.5 Å². The van der Waals surface area contributed by atoms with Gasteiger partial charge in [-0.3, -0.25) is 14.8 Å². The molecule has 0 aliphatic rings. The van der Waals surface area contributed by atoms with Crippen molar-refractivity contribution < 1.29 is 9.90 Å². The maximum Gasteiger partial charge on any atom is 0.207 e. The number of aromatic nitrogens is 2. The van der Waals surface area contributed by atoms with E-state index in [1.807, 2.05) is 0 Å². The lowest BCUT2D eigenvalue weighted by Gasteiger charge is -1.98. The molecule has 0 fully saturated rings. The van der Waals surface area contributed by atoms with E-state index in [4.69, 9.17) is 0 Å². The van der Waals surface area contributed by atoms with Gasteiger partial charge in [-0.05, 0) is 24.3 Å². The molecule has 0 unspecified atom stereocenters. The molecule has 0 radical (unpaired) electrons. The van der Waals surface area contributed by atoms with Crippen LogP contribution in [-0.4, -0.2) is 20.9 Å². The molecule has 0 saturated heterocycles. The Morgan fingerprint density at radius 3 is 2.71 bits per heavy atom. The average molecular weight is 226 g/mol. The van der Waals surface area contributed by atoms with Gasteiger partial charge >= 0.3 is 0 Å². The Morgan fingerprint density at radius 1 is 1.18 bits per heavy atom. The summed E-state index contributed by atoms with van der Waals surface area (Å²) in [6.07, 6.45) is 5.75. The predicted octanol–water partition coefficient (Wildman–Crippen LogP) is 2.26. The lowest BCUT2D eigenvalue weighted by atomic mass is 10.1. The number of allylic oxidation sites excluding steroid dienone is 1. The number of carbonyl (C=O) groups is 1. The lowest BCUT2D eigenvalue weighted by molar-refractivity contribution is 0.104. The third-order valence-corrected chi connectivity index (χ3v) is 2.14. The smallest absolute Gasteiger partial charge is 0.207 e. The molecule has 17 heavy (non-hydrogen) atoms. The Morgan fingerprint density at radius 2 is 2.06 bits per heavy atom. The first-order valence-corrected chi connectivity index (χ1v) is 5.04. The molecule has 0 aliphatic heterocycles. The summed E-state index contributed by atoms with van der Waals surface area (Å²) in [5.74, 6) is -0.458. The third-order valence-electron chi connectivity index (χ3n) is 2.14. The molecule has 0 amide bonds. The summed E-state index contributed by atoms with van der Waals surface area (Å²) in [6.45, 7) is 0. The molecule has 2 rings (SSSR count). The highest BCUT2D eigenvalue weighted by Crippen LogP contribution is 2.10. The van der Waals surface area contributed by atoms with Crippen molar-refractivity contribution in [2.24, 2.45) is 0 Å². The van der Waals surface area contributed by atoms with Crippen molar-refractivity contribution in [3.63, 3.8) is 0 Å². The summed E-state index contributed by atoms with van der Waals surface area (Å²) < 4.78 is 0. The van der Waals surface area contributed by atoms with E-state index in [1.165, 1.54) is 12.4 Å². The summed E-state index contributed by atoms with van der Waals surface area (Å²) in [5, 5.41) is 9.72. The predicted molar refractivity (Wildman–Crippen MR) is 63.4 cm³/mol. The van der Waals surface area contributed by atoms with Crippen LogP contribution in [0.5, 0.6) is 0 Å². The average Bonchev–Trinajstić information content (AvgIpc) is 2.40. The van der Waals surface area contributed by atoms with Crippen LogP contribution in [-0.2, 0) is 0 Å². The van der Waals surface area contributed by atoms with Gasteiger partial charge in [0.15, 0.2) is 0 Å². The van der Waals surface area contributed by atoms with Gasteiger partial charge in [0.05, 0.1) is 0 Å². The fourth-order valence-electron chi connectivity index (χ4n) is 1.30. The Bertz CT molecular complexity index is 536. The molecule has 84 valence electrons. The van der Waals surface area contributed by atoms with Crippen LogP contribution in [0.25, 0.3) is 5.76 Å². The molecule has 0 aliphatic carbocycles. The number of aliphatic hydroxyl groups excluding tert-OH is 1. The van der Waals surface area contributed by atoms with Crippen LogP contribution in [0.4, 0.5) is 0 Å². The SMILES string of the molecule is O=C(/C=C(\O)c1cccnc1)c1ccccn1. The summed E-state index contributed by atoms with van der Waals surface area (Å²) in [4.78, 5) is 19.5. The van der Waals surface area contributed by atoms with Gasteiger partial charge in [-0.1, -0.05) is 6.07 Å². The van der Waals surface area contributed by atoms with Crippen LogP contribution in [0.15, 0.2) is 55.0 Å². The maximum atomic E-state index is 11.7. The first-order chi connectivity index (χ1) is 8.27. The summed E-state index contributed by atoms with van der Waals surface area (Å²) in [7, 11) is 0. The fraction of sp³-hybridized carbons (Fsp3) is 0. The fourth-order valence-corrected chi connectivity index (χ4v) is 1.30. The lowest BCUT2D eigenvalue weighted by Crippen LogP contribution is -1.99. The highest BCUT2D eigenvalue weighted by Gasteiger charge is 2.06. The molecule has 4 nitrogen and oxygen atoms in total. The Balaban J connectivity index is 2.24. The van der Waals surface area contributed by atoms with E-state index >= 15 is 0 Å². The van der Waals surface area contributed by atoms with Crippen LogP contribution in [0, 0.1) is 0 Å². The van der Waals surface area contributed by atoms with Crippen LogP contribution in [0.2, 0.25) is 0 Å². The van der Waals surface area contributed by atoms with Crippen molar-refractivity contribution in [2.45, 2.75) is 0 Å². The Hall–Kier alpha value is -2.49. The van der Waals surface area contributed by atoms with Gasteiger partial charge in [0.1, 0.15) is 11.5 Å². The van der Waals surface area contributed by atoms with Crippen molar-refractivity contribution in [1.29, 1.82) is 0 Å². The van der Waals surface area contributed by atoms with E-state index in [0.29, 0.717) is 11.3 Å². The number of pyridine rings is 2. The summed E-state index contributed by atoms with van der Waals surface area (Å²) in [5.41, 5.74) is 0.791. The molecule has 4 heteroatoms. The van der Waals surface area contributed by atoms with E-state index < -0.39 is 0 Å². The van der Waals surface area contributed by atoms with Crippen molar-refractivity contribution in [3.05, 3.63) is 66.3 Å². The topological polar surface area (TPSA) is 63.1 Å². The number of carbonyl (C=O) groups excluding carboxylic acids is 1. The molecule has 2 aromatic rings. The zero-order chi connectivity index (χ0) is 12.1. The van der Waals surface area contributed by atoms with E-state index in [9.17, 15) is 9.90 Å². The minimum absolute atomic E-state index is 0.117. The van der Waals surface area contributed by atoms with Gasteiger partial charge in [0.25, 0.3) is 0 Å². The second-order valence-electron chi connectivity index (χ2n) is 3.35. The highest BCUT2D eigenvalue weighted by molar-refractivity contribution is 6.06. The molecule has 0 saturated carbocycles. The summed E-state index contributed by atoms with van der Waals surface area (Å²) >= 11 is 0. The minimum atomic E-state index is -0.341. The quantitative estimate of drug-likeness (QED) is 0.495. The number of hydrogen-bond acceptors (Lipinski definition) is 4. The number of nitrogens with zero attached hydrogens (tertiary/aromatic N) is 2. The molecule has 1 N–H and O–H groups in total. The second kappa shape index (κ2) is 5.03. The van der Waals surface area contributed by atoms with Crippen molar-refractivity contribution in [3.8, 4) is 0 Å². The zero-order valence-electron chi connectivity index (χ0n) is 8.95. The van der Waals surface area contributed by atoms with E-state index in [0.717, 1.165) is 6.08 Å². The monoisotopic (exact) mass is 226 g/mol. The maximum absolute atomic E-state index is 11.7. The number of hydrogen-bond donors (Lipinski definition) is 1. The number of ketones is 1. The Kier molecular flexibility index (Phi) is 3.25. The number of rotatable bonds is 3. The molecule has 0 atom stereocenters. The standard InChI is InChI=1S/C13H10N2O2/c16-12(10-4-3-6-14-9-10)8-13(17)11-5-1-2-7-15-11/h1-9,16H/b12-8-. The second-order valence-corrected chi connectivity index (χ2v) is 3.35. The number of aliphatic hydroxyl groups is 1. The van der Waals surface area contributed by atoms with Gasteiger partial charge in [-0.15, -0.1) is 0 Å². The van der Waals surface area contributed by atoms with Crippen molar-refractivity contribution >= 4 is 11.5 Å². The molecule has 2 aromatic heterocycles. The van der Waals surface area contributed by atoms with E-state index in [2.05, 4.69) is 9.97 Å². The molecule has 0 aromatic carbocycles.